The van der Waals surface area contributed by atoms with Gasteiger partial charge in [-0.3, -0.25) is 0 Å². The fourth-order valence-corrected chi connectivity index (χ4v) is 7.68. The van der Waals surface area contributed by atoms with Crippen LogP contribution in [0, 0.1) is 0 Å². The van der Waals surface area contributed by atoms with Crippen LogP contribution in [0.4, 0.5) is 0 Å². The van der Waals surface area contributed by atoms with Crippen molar-refractivity contribution < 1.29 is 0 Å². The molecule has 2 nitrogen and oxygen atoms in total. The van der Waals surface area contributed by atoms with E-state index in [1.165, 1.54) is 82.5 Å². The van der Waals surface area contributed by atoms with E-state index in [2.05, 4.69) is 137 Å². The Balaban J connectivity index is 1.48. The highest BCUT2D eigenvalue weighted by Crippen LogP contribution is 2.41. The van der Waals surface area contributed by atoms with Crippen LogP contribution >= 0.6 is 0 Å². The molecule has 0 radical (unpaired) electrons. The lowest BCUT2D eigenvalue weighted by atomic mass is 9.34. The number of nitrogens with zero attached hydrogens (tertiary/aromatic N) is 2. The van der Waals surface area contributed by atoms with E-state index in [-0.39, 0.29) is 6.71 Å². The largest absolute Gasteiger partial charge is 0.310 e. The number of aromatic nitrogens is 2. The van der Waals surface area contributed by atoms with Crippen LogP contribution in [0.3, 0.4) is 0 Å². The van der Waals surface area contributed by atoms with Gasteiger partial charge in [-0.05, 0) is 40.2 Å². The van der Waals surface area contributed by atoms with Gasteiger partial charge in [0.05, 0.1) is 16.6 Å². The van der Waals surface area contributed by atoms with Crippen molar-refractivity contribution in [1.82, 2.24) is 9.13 Å². The Bertz CT molecular complexity index is 2340. The minimum Gasteiger partial charge on any atom is -0.310 e. The Morgan fingerprint density at radius 2 is 1.10 bits per heavy atom. The molecule has 0 atom stereocenters. The van der Waals surface area contributed by atoms with E-state index in [0.29, 0.717) is 0 Å². The van der Waals surface area contributed by atoms with Crippen molar-refractivity contribution in [1.29, 1.82) is 0 Å². The van der Waals surface area contributed by atoms with Crippen molar-refractivity contribution in [3.63, 3.8) is 0 Å². The second-order valence-electron chi connectivity index (χ2n) is 10.9. The lowest BCUT2D eigenvalue weighted by Gasteiger charge is -2.33. The second kappa shape index (κ2) is 6.89. The molecule has 0 unspecified atom stereocenters. The zero-order chi connectivity index (χ0) is 25.2. The third-order valence-corrected chi connectivity index (χ3v) is 9.11. The van der Waals surface area contributed by atoms with Gasteiger partial charge in [0.25, 0.3) is 6.71 Å². The Morgan fingerprint density at radius 1 is 0.410 bits per heavy atom. The summed E-state index contributed by atoms with van der Waals surface area (Å²) in [4.78, 5) is 0. The Labute approximate surface area is 225 Å². The van der Waals surface area contributed by atoms with E-state index in [4.69, 9.17) is 0 Å². The second-order valence-corrected chi connectivity index (χ2v) is 10.9. The number of hydrogen-bond donors (Lipinski definition) is 0. The molecule has 2 aliphatic heterocycles. The molecule has 0 saturated carbocycles. The maximum Gasteiger partial charge on any atom is 0.252 e. The molecule has 2 aliphatic rings. The smallest absolute Gasteiger partial charge is 0.252 e. The summed E-state index contributed by atoms with van der Waals surface area (Å²) in [6, 6.07) is 47.2. The minimum absolute atomic E-state index is 0.192. The van der Waals surface area contributed by atoms with Gasteiger partial charge in [-0.25, -0.2) is 0 Å². The van der Waals surface area contributed by atoms with Crippen LogP contribution in [0.1, 0.15) is 0 Å². The summed E-state index contributed by atoms with van der Waals surface area (Å²) in [5, 5.41) is 5.29. The summed E-state index contributed by atoms with van der Waals surface area (Å²) in [6.07, 6.45) is 0. The number of hydrogen-bond acceptors (Lipinski definition) is 0. The molecule has 0 amide bonds. The Morgan fingerprint density at radius 3 is 2.03 bits per heavy atom. The highest BCUT2D eigenvalue weighted by Gasteiger charge is 2.40. The molecule has 0 aliphatic carbocycles. The van der Waals surface area contributed by atoms with Crippen LogP contribution in [0.2, 0.25) is 0 Å². The number of para-hydroxylation sites is 4. The van der Waals surface area contributed by atoms with Gasteiger partial charge < -0.3 is 9.13 Å². The standard InChI is InChI=1S/C36H21BN2/c1-2-10-22(11-3-1)23-13-8-14-25-26-15-9-17-29-35(26)39(34(23)25)32-21-20-27-24-12-4-6-18-30(24)38-31-19-7-5-16-28(31)37(29)33(32)36(27)38/h1-21H. The lowest BCUT2D eigenvalue weighted by molar-refractivity contribution is 1.16. The average Bonchev–Trinajstić information content (AvgIpc) is 3.53. The van der Waals surface area contributed by atoms with Crippen LogP contribution in [0.25, 0.3) is 66.1 Å². The van der Waals surface area contributed by atoms with Crippen LogP contribution in [0.15, 0.2) is 127 Å². The molecule has 0 bridgehead atoms. The first kappa shape index (κ1) is 20.0. The molecule has 3 heteroatoms. The highest BCUT2D eigenvalue weighted by atomic mass is 15.0. The maximum absolute atomic E-state index is 2.57. The fraction of sp³-hybridized carbons (Fsp3) is 0. The van der Waals surface area contributed by atoms with Gasteiger partial charge in [-0.1, -0.05) is 109 Å². The van der Waals surface area contributed by atoms with Crippen LogP contribution in [0.5, 0.6) is 0 Å². The molecular weight excluding hydrogens is 471 g/mol. The summed E-state index contributed by atoms with van der Waals surface area (Å²) in [6.45, 7) is 0.192. The summed E-state index contributed by atoms with van der Waals surface area (Å²) in [7, 11) is 0. The molecule has 0 saturated heterocycles. The van der Waals surface area contributed by atoms with Crippen molar-refractivity contribution in [3.8, 4) is 22.5 Å². The van der Waals surface area contributed by atoms with Crippen LogP contribution in [-0.2, 0) is 0 Å². The predicted molar refractivity (Wildman–Crippen MR) is 165 cm³/mol. The molecule has 4 heterocycles. The van der Waals surface area contributed by atoms with Gasteiger partial charge >= 0.3 is 0 Å². The molecule has 2 aromatic heterocycles. The third-order valence-electron chi connectivity index (χ3n) is 9.11. The molecule has 0 fully saturated rings. The van der Waals surface area contributed by atoms with Crippen molar-refractivity contribution >= 4 is 66.7 Å². The summed E-state index contributed by atoms with van der Waals surface area (Å²) in [5.41, 5.74) is 14.6. The zero-order valence-electron chi connectivity index (χ0n) is 21.1. The maximum atomic E-state index is 2.57. The summed E-state index contributed by atoms with van der Waals surface area (Å²) >= 11 is 0. The van der Waals surface area contributed by atoms with E-state index in [1.807, 2.05) is 0 Å². The van der Waals surface area contributed by atoms with Gasteiger partial charge in [0.1, 0.15) is 0 Å². The zero-order valence-corrected chi connectivity index (χ0v) is 21.1. The minimum atomic E-state index is 0.192. The molecule has 39 heavy (non-hydrogen) atoms. The fourth-order valence-electron chi connectivity index (χ4n) is 7.68. The molecule has 0 N–H and O–H groups in total. The van der Waals surface area contributed by atoms with Gasteiger partial charge in [0.15, 0.2) is 0 Å². The lowest BCUT2D eigenvalue weighted by Crippen LogP contribution is -2.59. The number of fused-ring (bicyclic) bond motifs is 11. The quantitative estimate of drug-likeness (QED) is 0.226. The highest BCUT2D eigenvalue weighted by molar-refractivity contribution is 7.00. The van der Waals surface area contributed by atoms with E-state index in [0.717, 1.165) is 0 Å². The monoisotopic (exact) mass is 492 g/mol. The molecular formula is C36H21BN2. The molecule has 8 aromatic rings. The number of rotatable bonds is 1. The first-order chi connectivity index (χ1) is 19.4. The first-order valence-electron chi connectivity index (χ1n) is 13.7. The topological polar surface area (TPSA) is 9.86 Å². The third kappa shape index (κ3) is 2.27. The van der Waals surface area contributed by atoms with Crippen LogP contribution in [-0.4, -0.2) is 15.8 Å². The summed E-state index contributed by atoms with van der Waals surface area (Å²) < 4.78 is 5.09. The number of benzene rings is 6. The van der Waals surface area contributed by atoms with E-state index in [9.17, 15) is 0 Å². The van der Waals surface area contributed by atoms with Crippen molar-refractivity contribution in [2.45, 2.75) is 0 Å². The van der Waals surface area contributed by atoms with E-state index < -0.39 is 0 Å². The van der Waals surface area contributed by atoms with Crippen molar-refractivity contribution in [3.05, 3.63) is 127 Å². The SMILES string of the molecule is c1ccc(-c2cccc3c4cccc5c4n(c23)-c2ccc3c4ccccc4n4c3c2B5c2ccccc2-4)cc1. The van der Waals surface area contributed by atoms with Gasteiger partial charge in [0.2, 0.25) is 0 Å². The van der Waals surface area contributed by atoms with Crippen molar-refractivity contribution in [2.24, 2.45) is 0 Å². The Hall–Kier alpha value is -5.02. The van der Waals surface area contributed by atoms with Crippen LogP contribution < -0.4 is 16.4 Å². The summed E-state index contributed by atoms with van der Waals surface area (Å²) in [5.74, 6) is 0. The average molecular weight is 492 g/mol. The van der Waals surface area contributed by atoms with Gasteiger partial charge in [-0.15, -0.1) is 0 Å². The van der Waals surface area contributed by atoms with E-state index >= 15 is 0 Å². The van der Waals surface area contributed by atoms with E-state index in [1.54, 1.807) is 0 Å². The molecule has 0 spiro atoms. The van der Waals surface area contributed by atoms with Gasteiger partial charge in [0, 0.05) is 44.0 Å². The normalized spacial score (nSPS) is 13.1. The predicted octanol–water partition coefficient (Wildman–Crippen LogP) is 6.69. The van der Waals surface area contributed by atoms with Crippen molar-refractivity contribution in [2.75, 3.05) is 0 Å². The molecule has 6 aromatic carbocycles. The molecule has 10 rings (SSSR count). The Kier molecular flexibility index (Phi) is 3.54. The molecule has 178 valence electrons. The first-order valence-corrected chi connectivity index (χ1v) is 13.7. The van der Waals surface area contributed by atoms with Gasteiger partial charge in [-0.2, -0.15) is 0 Å².